The average molecular weight is 257 g/mol. The van der Waals surface area contributed by atoms with E-state index in [0.29, 0.717) is 10.7 Å². The molecular formula is C10H6F3N3O2. The number of carboxylic acid groups (broad SMARTS) is 1. The van der Waals surface area contributed by atoms with E-state index in [4.69, 9.17) is 5.11 Å². The molecule has 0 aliphatic heterocycles. The SMILES string of the molecule is O=C(O)c1cc(C(F)(F)F)n(-c2ccncc2)n1. The van der Waals surface area contributed by atoms with Gasteiger partial charge in [0.15, 0.2) is 5.69 Å². The van der Waals surface area contributed by atoms with Gasteiger partial charge in [0.2, 0.25) is 0 Å². The Labute approximate surface area is 98.5 Å². The van der Waals surface area contributed by atoms with Gasteiger partial charge >= 0.3 is 12.1 Å². The van der Waals surface area contributed by atoms with Crippen LogP contribution in [0.5, 0.6) is 0 Å². The number of pyridine rings is 1. The monoisotopic (exact) mass is 257 g/mol. The lowest BCUT2D eigenvalue weighted by Gasteiger charge is -2.09. The third-order valence-electron chi connectivity index (χ3n) is 2.13. The molecule has 2 rings (SSSR count). The van der Waals surface area contributed by atoms with Crippen LogP contribution in [0.3, 0.4) is 0 Å². The van der Waals surface area contributed by atoms with E-state index >= 15 is 0 Å². The molecule has 0 unspecified atom stereocenters. The molecule has 5 nitrogen and oxygen atoms in total. The van der Waals surface area contributed by atoms with Crippen LogP contribution in [-0.4, -0.2) is 25.8 Å². The summed E-state index contributed by atoms with van der Waals surface area (Å²) in [6, 6.07) is 3.09. The van der Waals surface area contributed by atoms with Crippen LogP contribution in [-0.2, 0) is 6.18 Å². The van der Waals surface area contributed by atoms with E-state index in [2.05, 4.69) is 10.1 Å². The number of rotatable bonds is 2. The summed E-state index contributed by atoms with van der Waals surface area (Å²) in [4.78, 5) is 14.3. The van der Waals surface area contributed by atoms with Crippen LogP contribution >= 0.6 is 0 Å². The number of aromatic carboxylic acids is 1. The second-order valence-corrected chi connectivity index (χ2v) is 3.33. The minimum atomic E-state index is -4.69. The summed E-state index contributed by atoms with van der Waals surface area (Å²) in [7, 11) is 0. The molecule has 0 aromatic carbocycles. The third kappa shape index (κ3) is 2.17. The van der Waals surface area contributed by atoms with Gasteiger partial charge in [-0.25, -0.2) is 9.48 Å². The topological polar surface area (TPSA) is 68.0 Å². The van der Waals surface area contributed by atoms with E-state index in [1.54, 1.807) is 0 Å². The standard InChI is InChI=1S/C10H6F3N3O2/c11-10(12,13)8-5-7(9(17)18)15-16(8)6-1-3-14-4-2-6/h1-5H,(H,17,18). The molecular weight excluding hydrogens is 251 g/mol. The molecule has 0 fully saturated rings. The number of halogens is 3. The van der Waals surface area contributed by atoms with Crippen molar-refractivity contribution in [3.05, 3.63) is 42.0 Å². The number of hydrogen-bond donors (Lipinski definition) is 1. The van der Waals surface area contributed by atoms with Gasteiger partial charge in [-0.2, -0.15) is 18.3 Å². The Hall–Kier alpha value is -2.38. The zero-order valence-corrected chi connectivity index (χ0v) is 8.72. The van der Waals surface area contributed by atoms with Crippen LogP contribution in [0.4, 0.5) is 13.2 Å². The average Bonchev–Trinajstić information content (AvgIpc) is 2.74. The highest BCUT2D eigenvalue weighted by Crippen LogP contribution is 2.31. The maximum atomic E-state index is 12.7. The van der Waals surface area contributed by atoms with Crippen LogP contribution in [0.25, 0.3) is 5.69 Å². The van der Waals surface area contributed by atoms with E-state index in [0.717, 1.165) is 0 Å². The molecule has 0 bridgehead atoms. The summed E-state index contributed by atoms with van der Waals surface area (Å²) >= 11 is 0. The van der Waals surface area contributed by atoms with Crippen molar-refractivity contribution in [3.63, 3.8) is 0 Å². The van der Waals surface area contributed by atoms with Crippen molar-refractivity contribution in [1.29, 1.82) is 0 Å². The Morgan fingerprint density at radius 2 is 1.89 bits per heavy atom. The van der Waals surface area contributed by atoms with Gasteiger partial charge in [-0.3, -0.25) is 4.98 Å². The van der Waals surface area contributed by atoms with E-state index in [-0.39, 0.29) is 5.69 Å². The van der Waals surface area contributed by atoms with E-state index in [1.165, 1.54) is 24.5 Å². The lowest BCUT2D eigenvalue weighted by molar-refractivity contribution is -0.142. The number of alkyl halides is 3. The molecule has 0 saturated heterocycles. The largest absolute Gasteiger partial charge is 0.476 e. The Kier molecular flexibility index (Phi) is 2.77. The fraction of sp³-hybridized carbons (Fsp3) is 0.100. The summed E-state index contributed by atoms with van der Waals surface area (Å²) in [5.41, 5.74) is -1.73. The maximum absolute atomic E-state index is 12.7. The number of aromatic nitrogens is 3. The zero-order valence-electron chi connectivity index (χ0n) is 8.72. The minimum absolute atomic E-state index is 0.0878. The Morgan fingerprint density at radius 1 is 1.28 bits per heavy atom. The fourth-order valence-electron chi connectivity index (χ4n) is 1.37. The molecule has 2 aromatic rings. The third-order valence-corrected chi connectivity index (χ3v) is 2.13. The highest BCUT2D eigenvalue weighted by atomic mass is 19.4. The van der Waals surface area contributed by atoms with Crippen LogP contribution in [0.1, 0.15) is 16.2 Å². The molecule has 2 heterocycles. The van der Waals surface area contributed by atoms with Crippen molar-refractivity contribution in [2.75, 3.05) is 0 Å². The molecule has 0 radical (unpaired) electrons. The lowest BCUT2D eigenvalue weighted by Crippen LogP contribution is -2.13. The minimum Gasteiger partial charge on any atom is -0.476 e. The van der Waals surface area contributed by atoms with Gasteiger partial charge < -0.3 is 5.11 Å². The van der Waals surface area contributed by atoms with Crippen molar-refractivity contribution in [1.82, 2.24) is 14.8 Å². The van der Waals surface area contributed by atoms with Crippen molar-refractivity contribution >= 4 is 5.97 Å². The Balaban J connectivity index is 2.62. The molecule has 1 N–H and O–H groups in total. The molecule has 0 aliphatic carbocycles. The van der Waals surface area contributed by atoms with Gasteiger partial charge in [-0.1, -0.05) is 0 Å². The second kappa shape index (κ2) is 4.13. The van der Waals surface area contributed by atoms with Gasteiger partial charge in [0.1, 0.15) is 5.69 Å². The van der Waals surface area contributed by atoms with E-state index in [9.17, 15) is 18.0 Å². The fourth-order valence-corrected chi connectivity index (χ4v) is 1.37. The normalized spacial score (nSPS) is 11.5. The second-order valence-electron chi connectivity index (χ2n) is 3.33. The smallest absolute Gasteiger partial charge is 0.433 e. The first kappa shape index (κ1) is 12.1. The van der Waals surface area contributed by atoms with Gasteiger partial charge in [0.05, 0.1) is 5.69 Å². The molecule has 2 aromatic heterocycles. The van der Waals surface area contributed by atoms with Crippen molar-refractivity contribution < 1.29 is 23.1 Å². The molecule has 0 saturated carbocycles. The number of carbonyl (C=O) groups is 1. The summed E-state index contributed by atoms with van der Waals surface area (Å²) in [6.07, 6.45) is -2.11. The molecule has 0 spiro atoms. The first-order valence-electron chi connectivity index (χ1n) is 4.70. The summed E-state index contributed by atoms with van der Waals surface area (Å²) in [5, 5.41) is 12.1. The molecule has 0 amide bonds. The predicted octanol–water partition coefficient (Wildman–Crippen LogP) is 1.98. The van der Waals surface area contributed by atoms with Gasteiger partial charge in [0.25, 0.3) is 0 Å². The highest BCUT2D eigenvalue weighted by Gasteiger charge is 2.37. The number of carboxylic acids is 1. The quantitative estimate of drug-likeness (QED) is 0.893. The predicted molar refractivity (Wildman–Crippen MR) is 53.3 cm³/mol. The van der Waals surface area contributed by atoms with Crippen molar-refractivity contribution in [3.8, 4) is 5.69 Å². The summed E-state index contributed by atoms with van der Waals surface area (Å²) in [6.45, 7) is 0. The van der Waals surface area contributed by atoms with Crippen LogP contribution < -0.4 is 0 Å². The molecule has 0 atom stereocenters. The number of hydrogen-bond acceptors (Lipinski definition) is 3. The molecule has 8 heteroatoms. The van der Waals surface area contributed by atoms with E-state index < -0.39 is 23.5 Å². The van der Waals surface area contributed by atoms with Crippen LogP contribution in [0.15, 0.2) is 30.6 Å². The lowest BCUT2D eigenvalue weighted by atomic mass is 10.3. The maximum Gasteiger partial charge on any atom is 0.433 e. The highest BCUT2D eigenvalue weighted by molar-refractivity contribution is 5.85. The van der Waals surface area contributed by atoms with Crippen LogP contribution in [0, 0.1) is 0 Å². The molecule has 0 aliphatic rings. The number of nitrogens with zero attached hydrogens (tertiary/aromatic N) is 3. The molecule has 94 valence electrons. The summed E-state index contributed by atoms with van der Waals surface area (Å²) < 4.78 is 38.8. The van der Waals surface area contributed by atoms with Crippen LogP contribution in [0.2, 0.25) is 0 Å². The first-order chi connectivity index (χ1) is 8.39. The van der Waals surface area contributed by atoms with E-state index in [1.807, 2.05) is 0 Å². The zero-order chi connectivity index (χ0) is 13.3. The van der Waals surface area contributed by atoms with Crippen molar-refractivity contribution in [2.45, 2.75) is 6.18 Å². The van der Waals surface area contributed by atoms with Gasteiger partial charge in [-0.15, -0.1) is 0 Å². The van der Waals surface area contributed by atoms with Gasteiger partial charge in [-0.05, 0) is 12.1 Å². The first-order valence-corrected chi connectivity index (χ1v) is 4.70. The van der Waals surface area contributed by atoms with Crippen molar-refractivity contribution in [2.24, 2.45) is 0 Å². The molecule has 18 heavy (non-hydrogen) atoms. The Morgan fingerprint density at radius 3 is 2.39 bits per heavy atom. The van der Waals surface area contributed by atoms with Gasteiger partial charge in [0, 0.05) is 18.5 Å². The summed E-state index contributed by atoms with van der Waals surface area (Å²) in [5.74, 6) is -1.52. The Bertz CT molecular complexity index is 578.